The Balaban J connectivity index is 1.50. The Morgan fingerprint density at radius 3 is 2.51 bits per heavy atom. The summed E-state index contributed by atoms with van der Waals surface area (Å²) in [4.78, 5) is 49.1. The molecule has 0 bridgehead atoms. The molecule has 45 heavy (non-hydrogen) atoms. The first-order valence-electron chi connectivity index (χ1n) is 14.3. The molecule has 1 fully saturated rings. The number of carbonyl (C=O) groups excluding carboxylic acids is 1. The van der Waals surface area contributed by atoms with Crippen LogP contribution in [0.3, 0.4) is 0 Å². The van der Waals surface area contributed by atoms with Gasteiger partial charge in [-0.1, -0.05) is 18.2 Å². The van der Waals surface area contributed by atoms with Crippen LogP contribution in [0.25, 0.3) is 22.0 Å². The largest absolute Gasteiger partial charge is 0.480 e. The Kier molecular flexibility index (Phi) is 8.66. The van der Waals surface area contributed by atoms with Crippen LogP contribution < -0.4 is 15.8 Å². The lowest BCUT2D eigenvalue weighted by molar-refractivity contribution is -0.139. The molecule has 5 rings (SSSR count). The molecule has 0 saturated carbocycles. The monoisotopic (exact) mass is 623 g/mol. The number of benzene rings is 2. The van der Waals surface area contributed by atoms with E-state index in [1.165, 1.54) is 38.4 Å². The van der Waals surface area contributed by atoms with E-state index in [0.29, 0.717) is 55.4 Å². The standard InChI is InChI=1S/C32H32F3N5O5/c1-17-14-20(40-10-12-45-13-11-40)16-23(33)25(17)29(41)38-24(31(43)44)15-19-7-8-22(27-21(19)6-5-9-36-27)26-28(32(3,34)35)37-18(2)39(4)30(26)42/h5-9,14,16,24H,10-13,15H2,1-4H3,(H,38,41)(H,43,44)/t24-/m0/s1. The number of alkyl halides is 2. The van der Waals surface area contributed by atoms with E-state index >= 15 is 4.39 Å². The molecule has 0 spiro atoms. The molecule has 13 heteroatoms. The molecule has 1 aliphatic heterocycles. The molecule has 1 amide bonds. The second-order valence-corrected chi connectivity index (χ2v) is 11.1. The number of fused-ring (bicyclic) bond motifs is 1. The van der Waals surface area contributed by atoms with Crippen LogP contribution in [0.5, 0.6) is 0 Å². The lowest BCUT2D eigenvalue weighted by atomic mass is 9.93. The normalized spacial score (nSPS) is 14.4. The number of halogens is 3. The molecule has 1 aliphatic rings. The fourth-order valence-electron chi connectivity index (χ4n) is 5.55. The first kappa shape index (κ1) is 31.6. The predicted molar refractivity (Wildman–Crippen MR) is 161 cm³/mol. The molecule has 1 saturated heterocycles. The quantitative estimate of drug-likeness (QED) is 0.300. The van der Waals surface area contributed by atoms with Crippen molar-refractivity contribution in [2.45, 2.75) is 39.2 Å². The Morgan fingerprint density at radius 1 is 1.16 bits per heavy atom. The van der Waals surface area contributed by atoms with E-state index in [-0.39, 0.29) is 34.5 Å². The summed E-state index contributed by atoms with van der Waals surface area (Å²) in [5, 5.41) is 12.8. The zero-order valence-corrected chi connectivity index (χ0v) is 25.2. The van der Waals surface area contributed by atoms with Crippen LogP contribution in [0.15, 0.2) is 47.4 Å². The molecular weight excluding hydrogens is 591 g/mol. The van der Waals surface area contributed by atoms with Crippen molar-refractivity contribution in [3.8, 4) is 11.1 Å². The minimum Gasteiger partial charge on any atom is -0.480 e. The number of amides is 1. The highest BCUT2D eigenvalue weighted by molar-refractivity contribution is 5.99. The molecule has 2 N–H and O–H groups in total. The number of nitrogens with one attached hydrogen (secondary N) is 1. The fourth-order valence-corrected chi connectivity index (χ4v) is 5.55. The van der Waals surface area contributed by atoms with Crippen molar-refractivity contribution >= 4 is 28.5 Å². The number of rotatable bonds is 8. The first-order valence-corrected chi connectivity index (χ1v) is 14.3. The molecule has 0 aliphatic carbocycles. The summed E-state index contributed by atoms with van der Waals surface area (Å²) in [5.41, 5.74) is -0.336. The van der Waals surface area contributed by atoms with E-state index in [4.69, 9.17) is 4.74 Å². The van der Waals surface area contributed by atoms with Gasteiger partial charge < -0.3 is 20.1 Å². The minimum atomic E-state index is -3.44. The molecule has 10 nitrogen and oxygen atoms in total. The van der Waals surface area contributed by atoms with Gasteiger partial charge in [-0.05, 0) is 43.2 Å². The summed E-state index contributed by atoms with van der Waals surface area (Å²) >= 11 is 0. The van der Waals surface area contributed by atoms with Gasteiger partial charge in [-0.2, -0.15) is 8.78 Å². The number of ether oxygens (including phenoxy) is 1. The van der Waals surface area contributed by atoms with Crippen molar-refractivity contribution in [2.24, 2.45) is 7.05 Å². The van der Waals surface area contributed by atoms with E-state index in [2.05, 4.69) is 15.3 Å². The highest BCUT2D eigenvalue weighted by Gasteiger charge is 2.34. The SMILES string of the molecule is Cc1cc(N2CCOCC2)cc(F)c1C(=O)N[C@@H](Cc1ccc(-c2c(C(C)(F)F)nc(C)n(C)c2=O)c2ncccc12)C(=O)O. The summed E-state index contributed by atoms with van der Waals surface area (Å²) < 4.78 is 51.1. The zero-order valence-electron chi connectivity index (χ0n) is 25.2. The number of aliphatic carboxylic acids is 1. The molecular formula is C32H32F3N5O5. The molecule has 3 heterocycles. The Bertz CT molecular complexity index is 1840. The van der Waals surface area contributed by atoms with Gasteiger partial charge in [-0.25, -0.2) is 14.2 Å². The van der Waals surface area contributed by atoms with Crippen molar-refractivity contribution in [3.63, 3.8) is 0 Å². The van der Waals surface area contributed by atoms with Crippen molar-refractivity contribution in [1.29, 1.82) is 0 Å². The van der Waals surface area contributed by atoms with E-state index in [9.17, 15) is 28.3 Å². The molecule has 0 radical (unpaired) electrons. The molecule has 2 aromatic heterocycles. The molecule has 1 atom stereocenters. The number of carboxylic acid groups (broad SMARTS) is 1. The van der Waals surface area contributed by atoms with Gasteiger partial charge >= 0.3 is 5.97 Å². The van der Waals surface area contributed by atoms with Crippen molar-refractivity contribution in [3.05, 3.63) is 87.0 Å². The first-order chi connectivity index (χ1) is 21.3. The number of nitrogens with zero attached hydrogens (tertiary/aromatic N) is 4. The average Bonchev–Trinajstić information content (AvgIpc) is 2.99. The van der Waals surface area contributed by atoms with Gasteiger partial charge in [0.1, 0.15) is 23.4 Å². The molecule has 0 unspecified atom stereocenters. The second-order valence-electron chi connectivity index (χ2n) is 11.1. The van der Waals surface area contributed by atoms with Crippen LogP contribution in [-0.4, -0.2) is 63.9 Å². The van der Waals surface area contributed by atoms with Gasteiger partial charge in [0.2, 0.25) is 0 Å². The summed E-state index contributed by atoms with van der Waals surface area (Å²) in [6.45, 7) is 5.83. The van der Waals surface area contributed by atoms with Gasteiger partial charge in [0.15, 0.2) is 0 Å². The summed E-state index contributed by atoms with van der Waals surface area (Å²) in [7, 11) is 1.43. The number of pyridine rings is 1. The topological polar surface area (TPSA) is 127 Å². The number of hydrogen-bond acceptors (Lipinski definition) is 7. The zero-order chi connectivity index (χ0) is 32.6. The number of morpholine rings is 1. The number of aryl methyl sites for hydroxylation is 2. The van der Waals surface area contributed by atoms with Gasteiger partial charge in [-0.15, -0.1) is 0 Å². The highest BCUT2D eigenvalue weighted by Crippen LogP contribution is 2.36. The van der Waals surface area contributed by atoms with E-state index in [0.717, 1.165) is 4.57 Å². The average molecular weight is 624 g/mol. The number of carbonyl (C=O) groups is 2. The highest BCUT2D eigenvalue weighted by atomic mass is 19.3. The van der Waals surface area contributed by atoms with Crippen LogP contribution in [0, 0.1) is 19.7 Å². The maximum Gasteiger partial charge on any atom is 0.326 e. The van der Waals surface area contributed by atoms with Crippen molar-refractivity contribution in [1.82, 2.24) is 19.9 Å². The Labute approximate surface area is 256 Å². The van der Waals surface area contributed by atoms with E-state index in [1.807, 2.05) is 4.90 Å². The van der Waals surface area contributed by atoms with Gasteiger partial charge in [-0.3, -0.25) is 19.1 Å². The number of carboxylic acids is 1. The fraction of sp³-hybridized carbons (Fsp3) is 0.344. The van der Waals surface area contributed by atoms with E-state index in [1.54, 1.807) is 25.1 Å². The number of hydrogen-bond donors (Lipinski definition) is 2. The minimum absolute atomic E-state index is 0.105. The van der Waals surface area contributed by atoms with Crippen LogP contribution in [0.4, 0.5) is 18.9 Å². The third kappa shape index (κ3) is 6.25. The van der Waals surface area contributed by atoms with E-state index < -0.39 is 40.9 Å². The van der Waals surface area contributed by atoms with Crippen molar-refractivity contribution < 1.29 is 32.6 Å². The Hall–Kier alpha value is -4.78. The van der Waals surface area contributed by atoms with Crippen LogP contribution >= 0.6 is 0 Å². The third-order valence-electron chi connectivity index (χ3n) is 7.96. The van der Waals surface area contributed by atoms with Gasteiger partial charge in [0, 0.05) is 56.3 Å². The lowest BCUT2D eigenvalue weighted by Crippen LogP contribution is -2.43. The maximum atomic E-state index is 15.3. The van der Waals surface area contributed by atoms with Crippen LogP contribution in [-0.2, 0) is 28.9 Å². The third-order valence-corrected chi connectivity index (χ3v) is 7.96. The Morgan fingerprint density at radius 2 is 1.87 bits per heavy atom. The second kappa shape index (κ2) is 12.3. The maximum absolute atomic E-state index is 15.3. The van der Waals surface area contributed by atoms with Gasteiger partial charge in [0.25, 0.3) is 17.4 Å². The number of aromatic nitrogens is 3. The summed E-state index contributed by atoms with van der Waals surface area (Å²) in [6, 6.07) is 7.57. The smallest absolute Gasteiger partial charge is 0.326 e. The predicted octanol–water partition coefficient (Wildman–Crippen LogP) is 4.13. The van der Waals surface area contributed by atoms with Crippen LogP contribution in [0.1, 0.15) is 39.9 Å². The number of anilines is 1. The summed E-state index contributed by atoms with van der Waals surface area (Å²) in [6.07, 6.45) is 1.19. The van der Waals surface area contributed by atoms with Gasteiger partial charge in [0.05, 0.1) is 29.9 Å². The molecule has 4 aromatic rings. The lowest BCUT2D eigenvalue weighted by Gasteiger charge is -2.29. The van der Waals surface area contributed by atoms with Crippen molar-refractivity contribution in [2.75, 3.05) is 31.2 Å². The molecule has 2 aromatic carbocycles. The summed E-state index contributed by atoms with van der Waals surface area (Å²) in [5.74, 6) is -6.38. The van der Waals surface area contributed by atoms with Crippen LogP contribution in [0.2, 0.25) is 0 Å². The molecule has 236 valence electrons.